The summed E-state index contributed by atoms with van der Waals surface area (Å²) in [5, 5.41) is 0. The highest BCUT2D eigenvalue weighted by Crippen LogP contribution is 2.16. The Kier molecular flexibility index (Phi) is 2.31. The largest absolute Gasteiger partial charge is 0.336 e. The summed E-state index contributed by atoms with van der Waals surface area (Å²) < 4.78 is 12.2. The first kappa shape index (κ1) is 8.30. The Balaban J connectivity index is 2.87. The minimum Gasteiger partial charge on any atom is -0.336 e. The van der Waals surface area contributed by atoms with Crippen molar-refractivity contribution in [3.63, 3.8) is 0 Å². The van der Waals surface area contributed by atoms with Crippen molar-refractivity contribution < 1.29 is 9.47 Å². The van der Waals surface area contributed by atoms with Gasteiger partial charge in [-0.15, -0.1) is 0 Å². The fourth-order valence-corrected chi connectivity index (χ4v) is 0.899. The summed E-state index contributed by atoms with van der Waals surface area (Å²) in [4.78, 5) is 0. The molecule has 0 aliphatic carbocycles. The van der Waals surface area contributed by atoms with Gasteiger partial charge in [-0.2, -0.15) is 0 Å². The second kappa shape index (κ2) is 3.07. The zero-order valence-electron chi connectivity index (χ0n) is 7.07. The highest BCUT2D eigenvalue weighted by Gasteiger charge is 2.23. The molecule has 62 valence electrons. The van der Waals surface area contributed by atoms with Gasteiger partial charge >= 0.3 is 0 Å². The smallest absolute Gasteiger partial charge is 0.251 e. The second-order valence-electron chi connectivity index (χ2n) is 2.40. The number of ether oxygens (including phenoxy) is 2. The van der Waals surface area contributed by atoms with Crippen molar-refractivity contribution in [2.75, 3.05) is 14.2 Å². The molecule has 0 aliphatic heterocycles. The van der Waals surface area contributed by atoms with Crippen LogP contribution in [0.3, 0.4) is 0 Å². The molecule has 0 spiro atoms. The van der Waals surface area contributed by atoms with Gasteiger partial charge in [-0.05, 0) is 12.1 Å². The number of rotatable bonds is 3. The van der Waals surface area contributed by atoms with Crippen molar-refractivity contribution in [1.82, 2.24) is 4.57 Å². The first-order chi connectivity index (χ1) is 5.23. The van der Waals surface area contributed by atoms with Crippen LogP contribution in [0.1, 0.15) is 6.92 Å². The van der Waals surface area contributed by atoms with Gasteiger partial charge in [0.1, 0.15) is 0 Å². The third-order valence-electron chi connectivity index (χ3n) is 1.83. The van der Waals surface area contributed by atoms with Crippen LogP contribution in [-0.4, -0.2) is 18.8 Å². The molecule has 0 saturated heterocycles. The molecule has 0 radical (unpaired) electrons. The van der Waals surface area contributed by atoms with Gasteiger partial charge in [-0.3, -0.25) is 0 Å². The molecule has 0 saturated carbocycles. The molecule has 0 unspecified atom stereocenters. The molecule has 0 atom stereocenters. The van der Waals surface area contributed by atoms with Crippen molar-refractivity contribution in [2.45, 2.75) is 12.8 Å². The Labute approximate surface area is 66.5 Å². The lowest BCUT2D eigenvalue weighted by Gasteiger charge is -2.27. The SMILES string of the molecule is COC(C)(OC)n1cccc1. The van der Waals surface area contributed by atoms with E-state index in [9.17, 15) is 0 Å². The number of methoxy groups -OCH3 is 2. The van der Waals surface area contributed by atoms with Crippen LogP contribution in [-0.2, 0) is 15.4 Å². The molecule has 0 fully saturated rings. The third-order valence-corrected chi connectivity index (χ3v) is 1.83. The lowest BCUT2D eigenvalue weighted by molar-refractivity contribution is -0.254. The molecule has 0 aromatic carbocycles. The first-order valence-electron chi connectivity index (χ1n) is 3.46. The van der Waals surface area contributed by atoms with E-state index in [4.69, 9.17) is 9.47 Å². The van der Waals surface area contributed by atoms with E-state index in [0.29, 0.717) is 0 Å². The van der Waals surface area contributed by atoms with Gasteiger partial charge < -0.3 is 14.0 Å². The molecule has 1 aromatic heterocycles. The van der Waals surface area contributed by atoms with Crippen LogP contribution >= 0.6 is 0 Å². The molecule has 1 rings (SSSR count). The fourth-order valence-electron chi connectivity index (χ4n) is 0.899. The maximum Gasteiger partial charge on any atom is 0.251 e. The lowest BCUT2D eigenvalue weighted by Crippen LogP contribution is -2.32. The summed E-state index contributed by atoms with van der Waals surface area (Å²) in [5.41, 5.74) is 0. The minimum absolute atomic E-state index is 0.677. The van der Waals surface area contributed by atoms with Crippen LogP contribution in [0.25, 0.3) is 0 Å². The van der Waals surface area contributed by atoms with Gasteiger partial charge in [0.25, 0.3) is 5.91 Å². The standard InChI is InChI=1S/C8H13NO2/c1-8(10-2,11-3)9-6-4-5-7-9/h4-7H,1-3H3. The predicted molar refractivity (Wildman–Crippen MR) is 42.1 cm³/mol. The van der Waals surface area contributed by atoms with Gasteiger partial charge in [0.2, 0.25) is 0 Å². The van der Waals surface area contributed by atoms with Crippen LogP contribution in [0.2, 0.25) is 0 Å². The molecule has 0 N–H and O–H groups in total. The molecular weight excluding hydrogens is 142 g/mol. The first-order valence-corrected chi connectivity index (χ1v) is 3.46. The van der Waals surface area contributed by atoms with Gasteiger partial charge in [0.15, 0.2) is 0 Å². The van der Waals surface area contributed by atoms with Crippen molar-refractivity contribution in [3.8, 4) is 0 Å². The lowest BCUT2D eigenvalue weighted by atomic mass is 10.5. The Morgan fingerprint density at radius 2 is 1.55 bits per heavy atom. The van der Waals surface area contributed by atoms with Gasteiger partial charge in [-0.1, -0.05) is 0 Å². The molecule has 1 heterocycles. The normalized spacial score (nSPS) is 11.9. The Bertz CT molecular complexity index is 202. The monoisotopic (exact) mass is 155 g/mol. The van der Waals surface area contributed by atoms with Crippen LogP contribution in [0.4, 0.5) is 0 Å². The average molecular weight is 155 g/mol. The molecular formula is C8H13NO2. The summed E-state index contributed by atoms with van der Waals surface area (Å²) in [6, 6.07) is 3.85. The summed E-state index contributed by atoms with van der Waals surface area (Å²) >= 11 is 0. The van der Waals surface area contributed by atoms with Gasteiger partial charge in [0, 0.05) is 33.5 Å². The van der Waals surface area contributed by atoms with E-state index in [1.165, 1.54) is 0 Å². The summed E-state index contributed by atoms with van der Waals surface area (Å²) in [7, 11) is 3.23. The fraction of sp³-hybridized carbons (Fsp3) is 0.500. The maximum absolute atomic E-state index is 5.17. The van der Waals surface area contributed by atoms with E-state index >= 15 is 0 Å². The molecule has 0 aliphatic rings. The van der Waals surface area contributed by atoms with Crippen LogP contribution in [0.15, 0.2) is 24.5 Å². The Hall–Kier alpha value is -0.800. The molecule has 3 nitrogen and oxygen atoms in total. The topological polar surface area (TPSA) is 23.4 Å². The van der Waals surface area contributed by atoms with Gasteiger partial charge in [0.05, 0.1) is 0 Å². The number of aromatic nitrogens is 1. The molecule has 0 bridgehead atoms. The number of nitrogens with zero attached hydrogens (tertiary/aromatic N) is 1. The molecule has 0 amide bonds. The summed E-state index contributed by atoms with van der Waals surface area (Å²) in [6.45, 7) is 1.85. The van der Waals surface area contributed by atoms with Crippen molar-refractivity contribution in [1.29, 1.82) is 0 Å². The number of hydrogen-bond donors (Lipinski definition) is 0. The van der Waals surface area contributed by atoms with Crippen molar-refractivity contribution >= 4 is 0 Å². The summed E-state index contributed by atoms with van der Waals surface area (Å²) in [5.74, 6) is -0.677. The highest BCUT2D eigenvalue weighted by molar-refractivity contribution is 4.92. The van der Waals surface area contributed by atoms with Crippen molar-refractivity contribution in [2.24, 2.45) is 0 Å². The quantitative estimate of drug-likeness (QED) is 0.616. The average Bonchev–Trinajstić information content (AvgIpc) is 2.55. The maximum atomic E-state index is 5.17. The zero-order chi connectivity index (χ0) is 8.32. The minimum atomic E-state index is -0.677. The second-order valence-corrected chi connectivity index (χ2v) is 2.40. The van der Waals surface area contributed by atoms with Crippen LogP contribution in [0, 0.1) is 0 Å². The molecule has 3 heteroatoms. The summed E-state index contributed by atoms with van der Waals surface area (Å²) in [6.07, 6.45) is 3.79. The van der Waals surface area contributed by atoms with Crippen molar-refractivity contribution in [3.05, 3.63) is 24.5 Å². The van der Waals surface area contributed by atoms with E-state index in [2.05, 4.69) is 0 Å². The van der Waals surface area contributed by atoms with Crippen LogP contribution < -0.4 is 0 Å². The Morgan fingerprint density at radius 1 is 1.09 bits per heavy atom. The molecule has 11 heavy (non-hydrogen) atoms. The van der Waals surface area contributed by atoms with E-state index < -0.39 is 5.91 Å². The van der Waals surface area contributed by atoms with Crippen LogP contribution in [0.5, 0.6) is 0 Å². The van der Waals surface area contributed by atoms with E-state index in [-0.39, 0.29) is 0 Å². The highest BCUT2D eigenvalue weighted by atomic mass is 16.7. The third kappa shape index (κ3) is 1.44. The van der Waals surface area contributed by atoms with E-state index in [1.54, 1.807) is 14.2 Å². The Morgan fingerprint density at radius 3 is 1.91 bits per heavy atom. The zero-order valence-corrected chi connectivity index (χ0v) is 7.07. The van der Waals surface area contributed by atoms with Gasteiger partial charge in [-0.25, -0.2) is 0 Å². The molecule has 1 aromatic rings. The predicted octanol–water partition coefficient (Wildman–Crippen LogP) is 1.41. The van der Waals surface area contributed by atoms with E-state index in [0.717, 1.165) is 0 Å². The van der Waals surface area contributed by atoms with E-state index in [1.807, 2.05) is 36.0 Å². The number of hydrogen-bond acceptors (Lipinski definition) is 2.